The number of aryl methyl sites for hydroxylation is 2. The second-order valence-electron chi connectivity index (χ2n) is 4.08. The van der Waals surface area contributed by atoms with Gasteiger partial charge in [-0.3, -0.25) is 4.98 Å². The Morgan fingerprint density at radius 1 is 1.00 bits per heavy atom. The van der Waals surface area contributed by atoms with Crippen molar-refractivity contribution in [2.24, 2.45) is 0 Å². The smallest absolute Gasteiger partial charge is 0.178 e. The Balaban J connectivity index is 2.26. The van der Waals surface area contributed by atoms with E-state index in [1.165, 1.54) is 0 Å². The number of fused-ring (bicyclic) bond motifs is 1. The highest BCUT2D eigenvalue weighted by Gasteiger charge is 2.10. The molecule has 0 atom stereocenters. The summed E-state index contributed by atoms with van der Waals surface area (Å²) < 4.78 is 0. The molecule has 0 saturated carbocycles. The van der Waals surface area contributed by atoms with Gasteiger partial charge in [0.05, 0.1) is 5.52 Å². The number of nitrogens with zero attached hydrogens (tertiary/aromatic N) is 3. The lowest BCUT2D eigenvalue weighted by Crippen LogP contribution is -1.88. The Morgan fingerprint density at radius 3 is 2.65 bits per heavy atom. The van der Waals surface area contributed by atoms with Crippen molar-refractivity contribution < 1.29 is 0 Å². The molecule has 4 heteroatoms. The third kappa shape index (κ3) is 1.58. The molecule has 3 aromatic heterocycles. The average Bonchev–Trinajstić information content (AvgIpc) is 2.75. The van der Waals surface area contributed by atoms with Crippen LogP contribution in [0.25, 0.3) is 22.7 Å². The monoisotopic (exact) mass is 224 g/mol. The zero-order chi connectivity index (χ0) is 11.8. The summed E-state index contributed by atoms with van der Waals surface area (Å²) in [5.74, 6) is 0.778. The van der Waals surface area contributed by atoms with Crippen LogP contribution in [0.1, 0.15) is 11.1 Å². The van der Waals surface area contributed by atoms with Gasteiger partial charge in [-0.05, 0) is 37.1 Å². The zero-order valence-corrected chi connectivity index (χ0v) is 9.73. The molecule has 0 amide bonds. The molecule has 0 aromatic carbocycles. The van der Waals surface area contributed by atoms with E-state index in [-0.39, 0.29) is 0 Å². The summed E-state index contributed by atoms with van der Waals surface area (Å²) >= 11 is 0. The van der Waals surface area contributed by atoms with Crippen molar-refractivity contribution in [1.82, 2.24) is 19.9 Å². The summed E-state index contributed by atoms with van der Waals surface area (Å²) in [4.78, 5) is 16.4. The minimum Gasteiger partial charge on any atom is -0.335 e. The fraction of sp³-hybridized carbons (Fsp3) is 0.154. The molecule has 0 radical (unpaired) electrons. The van der Waals surface area contributed by atoms with Crippen LogP contribution in [-0.4, -0.2) is 19.9 Å². The highest BCUT2D eigenvalue weighted by molar-refractivity contribution is 5.78. The van der Waals surface area contributed by atoms with Crippen LogP contribution in [0.15, 0.2) is 30.6 Å². The van der Waals surface area contributed by atoms with Gasteiger partial charge in [0.1, 0.15) is 5.69 Å². The molecule has 0 aliphatic carbocycles. The lowest BCUT2D eigenvalue weighted by Gasteiger charge is -1.98. The maximum absolute atomic E-state index is 4.48. The fourth-order valence-electron chi connectivity index (χ4n) is 1.88. The molecular formula is C13H12N4. The lowest BCUT2D eigenvalue weighted by atomic mass is 10.2. The van der Waals surface area contributed by atoms with E-state index < -0.39 is 0 Å². The quantitative estimate of drug-likeness (QED) is 0.691. The molecule has 3 aromatic rings. The zero-order valence-electron chi connectivity index (χ0n) is 9.73. The standard InChI is InChI=1S/C13H12N4/c1-8-4-3-6-14-10(8)13-16-11-9(2)5-7-15-12(11)17-13/h3-7H,1-2H3,(H,15,16,17). The van der Waals surface area contributed by atoms with Crippen molar-refractivity contribution in [3.05, 3.63) is 41.7 Å². The first-order chi connectivity index (χ1) is 8.25. The molecule has 0 spiro atoms. The van der Waals surface area contributed by atoms with Crippen LogP contribution in [0, 0.1) is 13.8 Å². The Kier molecular flexibility index (Phi) is 2.14. The Labute approximate surface area is 98.8 Å². The van der Waals surface area contributed by atoms with E-state index in [0.717, 1.165) is 33.8 Å². The van der Waals surface area contributed by atoms with E-state index in [1.807, 2.05) is 32.0 Å². The predicted octanol–water partition coefficient (Wildman–Crippen LogP) is 2.64. The number of hydrogen-bond acceptors (Lipinski definition) is 3. The number of rotatable bonds is 1. The molecule has 4 nitrogen and oxygen atoms in total. The molecule has 3 rings (SSSR count). The Morgan fingerprint density at radius 2 is 1.88 bits per heavy atom. The molecule has 0 fully saturated rings. The Bertz CT molecular complexity index is 685. The van der Waals surface area contributed by atoms with Crippen LogP contribution < -0.4 is 0 Å². The SMILES string of the molecule is Cc1cccnc1-c1nc2nccc(C)c2[nH]1. The first kappa shape index (κ1) is 9.96. The molecular weight excluding hydrogens is 212 g/mol. The number of imidazole rings is 1. The van der Waals surface area contributed by atoms with Gasteiger partial charge in [-0.1, -0.05) is 6.07 Å². The van der Waals surface area contributed by atoms with Gasteiger partial charge in [-0.25, -0.2) is 9.97 Å². The molecule has 84 valence electrons. The van der Waals surface area contributed by atoms with Crippen LogP contribution >= 0.6 is 0 Å². The van der Waals surface area contributed by atoms with E-state index in [1.54, 1.807) is 12.4 Å². The maximum atomic E-state index is 4.48. The molecule has 1 N–H and O–H groups in total. The van der Waals surface area contributed by atoms with Crippen LogP contribution in [-0.2, 0) is 0 Å². The van der Waals surface area contributed by atoms with Crippen molar-refractivity contribution in [2.45, 2.75) is 13.8 Å². The van der Waals surface area contributed by atoms with Gasteiger partial charge >= 0.3 is 0 Å². The summed E-state index contributed by atoms with van der Waals surface area (Å²) in [6.45, 7) is 4.06. The molecule has 3 heterocycles. The predicted molar refractivity (Wildman–Crippen MR) is 66.6 cm³/mol. The van der Waals surface area contributed by atoms with Crippen molar-refractivity contribution >= 4 is 11.2 Å². The molecule has 0 aliphatic rings. The van der Waals surface area contributed by atoms with Gasteiger partial charge in [-0.15, -0.1) is 0 Å². The summed E-state index contributed by atoms with van der Waals surface area (Å²) in [6.07, 6.45) is 3.55. The number of nitrogens with one attached hydrogen (secondary N) is 1. The van der Waals surface area contributed by atoms with Crippen molar-refractivity contribution in [2.75, 3.05) is 0 Å². The topological polar surface area (TPSA) is 54.5 Å². The number of pyridine rings is 2. The second kappa shape index (κ2) is 3.66. The lowest BCUT2D eigenvalue weighted by molar-refractivity contribution is 1.20. The van der Waals surface area contributed by atoms with Crippen LogP contribution in [0.3, 0.4) is 0 Å². The molecule has 0 unspecified atom stereocenters. The van der Waals surface area contributed by atoms with Crippen LogP contribution in [0.4, 0.5) is 0 Å². The largest absolute Gasteiger partial charge is 0.335 e. The van der Waals surface area contributed by atoms with E-state index in [9.17, 15) is 0 Å². The fourth-order valence-corrected chi connectivity index (χ4v) is 1.88. The van der Waals surface area contributed by atoms with Gasteiger partial charge in [0.25, 0.3) is 0 Å². The molecule has 0 aliphatic heterocycles. The highest BCUT2D eigenvalue weighted by Crippen LogP contribution is 2.21. The molecule has 0 bridgehead atoms. The maximum Gasteiger partial charge on any atom is 0.178 e. The number of hydrogen-bond donors (Lipinski definition) is 1. The van der Waals surface area contributed by atoms with Crippen molar-refractivity contribution in [1.29, 1.82) is 0 Å². The third-order valence-corrected chi connectivity index (χ3v) is 2.83. The number of aromatic amines is 1. The van der Waals surface area contributed by atoms with Gasteiger partial charge in [0.15, 0.2) is 11.5 Å². The summed E-state index contributed by atoms with van der Waals surface area (Å²) in [5.41, 5.74) is 4.84. The third-order valence-electron chi connectivity index (χ3n) is 2.83. The van der Waals surface area contributed by atoms with Gasteiger partial charge < -0.3 is 4.98 Å². The van der Waals surface area contributed by atoms with Crippen molar-refractivity contribution in [3.63, 3.8) is 0 Å². The van der Waals surface area contributed by atoms with Crippen LogP contribution in [0.2, 0.25) is 0 Å². The highest BCUT2D eigenvalue weighted by atomic mass is 15.0. The van der Waals surface area contributed by atoms with Crippen molar-refractivity contribution in [3.8, 4) is 11.5 Å². The summed E-state index contributed by atoms with van der Waals surface area (Å²) in [7, 11) is 0. The summed E-state index contributed by atoms with van der Waals surface area (Å²) in [6, 6.07) is 5.91. The first-order valence-corrected chi connectivity index (χ1v) is 5.49. The molecule has 17 heavy (non-hydrogen) atoms. The van der Waals surface area contributed by atoms with Gasteiger partial charge in [-0.2, -0.15) is 0 Å². The van der Waals surface area contributed by atoms with Gasteiger partial charge in [0, 0.05) is 12.4 Å². The first-order valence-electron chi connectivity index (χ1n) is 5.49. The molecule has 0 saturated heterocycles. The second-order valence-corrected chi connectivity index (χ2v) is 4.08. The van der Waals surface area contributed by atoms with E-state index in [2.05, 4.69) is 19.9 Å². The van der Waals surface area contributed by atoms with E-state index >= 15 is 0 Å². The average molecular weight is 224 g/mol. The number of aromatic nitrogens is 4. The minimum atomic E-state index is 0.741. The minimum absolute atomic E-state index is 0.741. The van der Waals surface area contributed by atoms with E-state index in [4.69, 9.17) is 0 Å². The van der Waals surface area contributed by atoms with Crippen LogP contribution in [0.5, 0.6) is 0 Å². The Hall–Kier alpha value is -2.23. The normalized spacial score (nSPS) is 10.9. The number of H-pyrrole nitrogens is 1. The van der Waals surface area contributed by atoms with E-state index in [0.29, 0.717) is 0 Å². The van der Waals surface area contributed by atoms with Gasteiger partial charge in [0.2, 0.25) is 0 Å². The summed E-state index contributed by atoms with van der Waals surface area (Å²) in [5, 5.41) is 0.